The highest BCUT2D eigenvalue weighted by molar-refractivity contribution is 5.82. The highest BCUT2D eigenvalue weighted by Gasteiger charge is 2.41. The van der Waals surface area contributed by atoms with Crippen molar-refractivity contribution in [3.05, 3.63) is 0 Å². The lowest BCUT2D eigenvalue weighted by molar-refractivity contribution is -0.126. The molecule has 0 heterocycles. The Labute approximate surface area is 73.7 Å². The molecule has 3 nitrogen and oxygen atoms in total. The summed E-state index contributed by atoms with van der Waals surface area (Å²) >= 11 is 0. The first kappa shape index (κ1) is 9.52. The molecule has 0 aromatic rings. The van der Waals surface area contributed by atoms with E-state index >= 15 is 0 Å². The first-order valence-electron chi connectivity index (χ1n) is 4.63. The van der Waals surface area contributed by atoms with E-state index in [9.17, 15) is 4.79 Å². The quantitative estimate of drug-likeness (QED) is 0.653. The van der Waals surface area contributed by atoms with Gasteiger partial charge in [0.05, 0.1) is 6.04 Å². The molecule has 0 aromatic heterocycles. The zero-order valence-corrected chi connectivity index (χ0v) is 7.89. The number of likely N-dealkylation sites (N-methyl/N-ethyl adjacent to an activating group) is 1. The van der Waals surface area contributed by atoms with Gasteiger partial charge in [-0.05, 0) is 25.2 Å². The van der Waals surface area contributed by atoms with Gasteiger partial charge in [-0.15, -0.1) is 0 Å². The van der Waals surface area contributed by atoms with Crippen LogP contribution in [0, 0.1) is 5.41 Å². The minimum atomic E-state index is -0.314. The molecule has 1 aliphatic carbocycles. The number of nitrogens with two attached hydrogens (primary N) is 1. The van der Waals surface area contributed by atoms with Crippen LogP contribution >= 0.6 is 0 Å². The molecule has 0 bridgehead atoms. The topological polar surface area (TPSA) is 55.1 Å². The number of hydrogen-bond acceptors (Lipinski definition) is 2. The minimum Gasteiger partial charge on any atom is -0.355 e. The molecule has 1 aliphatic rings. The average Bonchev–Trinajstić information content (AvgIpc) is 1.99. The number of rotatable bonds is 3. The van der Waals surface area contributed by atoms with Gasteiger partial charge in [0.1, 0.15) is 0 Å². The summed E-state index contributed by atoms with van der Waals surface area (Å²) in [5.74, 6) is -0.000278. The summed E-state index contributed by atoms with van der Waals surface area (Å²) in [7, 11) is 0. The van der Waals surface area contributed by atoms with Gasteiger partial charge in [0.25, 0.3) is 0 Å². The van der Waals surface area contributed by atoms with Gasteiger partial charge in [-0.25, -0.2) is 0 Å². The second-order valence-corrected chi connectivity index (χ2v) is 3.88. The molecule has 1 rings (SSSR count). The van der Waals surface area contributed by atoms with E-state index in [2.05, 4.69) is 12.2 Å². The molecule has 3 N–H and O–H groups in total. The molecule has 1 atom stereocenters. The van der Waals surface area contributed by atoms with Crippen LogP contribution in [0.3, 0.4) is 0 Å². The molecule has 1 fully saturated rings. The third-order valence-electron chi connectivity index (χ3n) is 2.88. The SMILES string of the molecule is CCNC(=O)C(N)C1(C)CCC1. The van der Waals surface area contributed by atoms with Crippen LogP contribution in [-0.2, 0) is 4.79 Å². The second kappa shape index (κ2) is 3.44. The Morgan fingerprint density at radius 2 is 2.25 bits per heavy atom. The molecule has 0 radical (unpaired) electrons. The fourth-order valence-corrected chi connectivity index (χ4v) is 1.65. The van der Waals surface area contributed by atoms with E-state index < -0.39 is 0 Å². The van der Waals surface area contributed by atoms with E-state index in [1.165, 1.54) is 6.42 Å². The van der Waals surface area contributed by atoms with Gasteiger partial charge < -0.3 is 11.1 Å². The molecule has 1 amide bonds. The van der Waals surface area contributed by atoms with E-state index in [-0.39, 0.29) is 17.4 Å². The number of nitrogens with one attached hydrogen (secondary N) is 1. The lowest BCUT2D eigenvalue weighted by Gasteiger charge is -2.42. The van der Waals surface area contributed by atoms with Gasteiger partial charge in [-0.2, -0.15) is 0 Å². The van der Waals surface area contributed by atoms with Gasteiger partial charge in [0, 0.05) is 6.54 Å². The van der Waals surface area contributed by atoms with E-state index in [0.717, 1.165) is 12.8 Å². The molecule has 0 aromatic carbocycles. The normalized spacial score (nSPS) is 22.6. The number of hydrogen-bond donors (Lipinski definition) is 2. The largest absolute Gasteiger partial charge is 0.355 e. The maximum atomic E-state index is 11.3. The van der Waals surface area contributed by atoms with Crippen molar-refractivity contribution in [2.24, 2.45) is 11.1 Å². The summed E-state index contributed by atoms with van der Waals surface area (Å²) in [6, 6.07) is -0.314. The molecule has 0 aliphatic heterocycles. The third kappa shape index (κ3) is 1.61. The van der Waals surface area contributed by atoms with Crippen molar-refractivity contribution in [1.82, 2.24) is 5.32 Å². The van der Waals surface area contributed by atoms with Crippen LogP contribution in [0.4, 0.5) is 0 Å². The summed E-state index contributed by atoms with van der Waals surface area (Å²) in [4.78, 5) is 11.3. The number of amides is 1. The Morgan fingerprint density at radius 1 is 1.67 bits per heavy atom. The standard InChI is InChI=1S/C9H18N2O/c1-3-11-8(12)7(10)9(2)5-4-6-9/h7H,3-6,10H2,1-2H3,(H,11,12). The van der Waals surface area contributed by atoms with E-state index in [1.54, 1.807) is 0 Å². The van der Waals surface area contributed by atoms with Crippen LogP contribution in [0.1, 0.15) is 33.1 Å². The molecule has 0 spiro atoms. The first-order chi connectivity index (χ1) is 5.60. The summed E-state index contributed by atoms with van der Waals surface area (Å²) in [5.41, 5.74) is 5.90. The van der Waals surface area contributed by atoms with Crippen molar-refractivity contribution >= 4 is 5.91 Å². The number of carbonyl (C=O) groups excluding carboxylic acids is 1. The summed E-state index contributed by atoms with van der Waals surface area (Å²) in [6.45, 7) is 4.67. The lowest BCUT2D eigenvalue weighted by atomic mass is 9.65. The molecule has 12 heavy (non-hydrogen) atoms. The zero-order valence-electron chi connectivity index (χ0n) is 7.89. The van der Waals surface area contributed by atoms with Crippen LogP contribution in [0.5, 0.6) is 0 Å². The predicted octanol–water partition coefficient (Wildman–Crippen LogP) is 0.640. The van der Waals surface area contributed by atoms with Crippen LogP contribution in [0.15, 0.2) is 0 Å². The van der Waals surface area contributed by atoms with Crippen LogP contribution in [-0.4, -0.2) is 18.5 Å². The molecule has 0 saturated heterocycles. The Kier molecular flexibility index (Phi) is 2.73. The summed E-state index contributed by atoms with van der Waals surface area (Å²) < 4.78 is 0. The first-order valence-corrected chi connectivity index (χ1v) is 4.63. The molecule has 1 unspecified atom stereocenters. The van der Waals surface area contributed by atoms with Gasteiger partial charge in [-0.3, -0.25) is 4.79 Å². The van der Waals surface area contributed by atoms with Gasteiger partial charge in [-0.1, -0.05) is 13.3 Å². The Hall–Kier alpha value is -0.570. The second-order valence-electron chi connectivity index (χ2n) is 3.88. The predicted molar refractivity (Wildman–Crippen MR) is 48.6 cm³/mol. The van der Waals surface area contributed by atoms with Crippen molar-refractivity contribution in [2.75, 3.05) is 6.54 Å². The summed E-state index contributed by atoms with van der Waals surface area (Å²) in [5, 5.41) is 2.76. The van der Waals surface area contributed by atoms with Crippen LogP contribution < -0.4 is 11.1 Å². The minimum absolute atomic E-state index is 0.000278. The molecular weight excluding hydrogens is 152 g/mol. The van der Waals surface area contributed by atoms with Crippen LogP contribution in [0.25, 0.3) is 0 Å². The summed E-state index contributed by atoms with van der Waals surface area (Å²) in [6.07, 6.45) is 3.39. The maximum Gasteiger partial charge on any atom is 0.237 e. The number of carbonyl (C=O) groups is 1. The smallest absolute Gasteiger partial charge is 0.237 e. The Balaban J connectivity index is 2.45. The Morgan fingerprint density at radius 3 is 2.58 bits per heavy atom. The van der Waals surface area contributed by atoms with Gasteiger partial charge in [0.2, 0.25) is 5.91 Å². The highest BCUT2D eigenvalue weighted by atomic mass is 16.2. The van der Waals surface area contributed by atoms with E-state index in [0.29, 0.717) is 6.54 Å². The van der Waals surface area contributed by atoms with Crippen molar-refractivity contribution in [1.29, 1.82) is 0 Å². The van der Waals surface area contributed by atoms with Crippen LogP contribution in [0.2, 0.25) is 0 Å². The molecule has 70 valence electrons. The van der Waals surface area contributed by atoms with Crippen molar-refractivity contribution < 1.29 is 4.79 Å². The average molecular weight is 170 g/mol. The van der Waals surface area contributed by atoms with Crippen molar-refractivity contribution in [3.8, 4) is 0 Å². The monoisotopic (exact) mass is 170 g/mol. The van der Waals surface area contributed by atoms with Crippen molar-refractivity contribution in [3.63, 3.8) is 0 Å². The van der Waals surface area contributed by atoms with Gasteiger partial charge in [0.15, 0.2) is 0 Å². The molecule has 1 saturated carbocycles. The van der Waals surface area contributed by atoms with E-state index in [1.807, 2.05) is 6.92 Å². The van der Waals surface area contributed by atoms with Gasteiger partial charge >= 0.3 is 0 Å². The lowest BCUT2D eigenvalue weighted by Crippen LogP contribution is -2.53. The highest BCUT2D eigenvalue weighted by Crippen LogP contribution is 2.42. The fraction of sp³-hybridized carbons (Fsp3) is 0.889. The molecular formula is C9H18N2O. The zero-order chi connectivity index (χ0) is 9.19. The van der Waals surface area contributed by atoms with E-state index in [4.69, 9.17) is 5.73 Å². The fourth-order valence-electron chi connectivity index (χ4n) is 1.65. The third-order valence-corrected chi connectivity index (χ3v) is 2.88. The molecule has 3 heteroatoms. The Bertz CT molecular complexity index is 175. The van der Waals surface area contributed by atoms with Crippen molar-refractivity contribution in [2.45, 2.75) is 39.2 Å². The maximum absolute atomic E-state index is 11.3.